The molecule has 1 rings (SSSR count). The van der Waals surface area contributed by atoms with Gasteiger partial charge in [-0.15, -0.1) is 36.2 Å². The lowest BCUT2D eigenvalue weighted by atomic mass is 10.2. The van der Waals surface area contributed by atoms with Crippen molar-refractivity contribution in [3.63, 3.8) is 0 Å². The van der Waals surface area contributed by atoms with E-state index in [-0.39, 0.29) is 30.7 Å². The molecule has 0 bridgehead atoms. The number of hydrogen-bond acceptors (Lipinski definition) is 4. The van der Waals surface area contributed by atoms with Crippen LogP contribution in [0.2, 0.25) is 0 Å². The molecule has 0 radical (unpaired) electrons. The standard InChI is InChI=1S/C10H17N3OS.2ClH/c1-3-7-5-12-9(15-7)6-13-10(14)8(11)4-2;;/h5,8H,3-4,6,11H2,1-2H3,(H,13,14);2*1H/t8-;;/m0../s1. The molecule has 0 aromatic carbocycles. The lowest BCUT2D eigenvalue weighted by Crippen LogP contribution is -2.39. The van der Waals surface area contributed by atoms with Crippen molar-refractivity contribution in [3.05, 3.63) is 16.1 Å². The van der Waals surface area contributed by atoms with Gasteiger partial charge in [-0.1, -0.05) is 13.8 Å². The van der Waals surface area contributed by atoms with Gasteiger partial charge in [0.15, 0.2) is 0 Å². The Bertz CT molecular complexity index is 333. The van der Waals surface area contributed by atoms with Gasteiger partial charge in [-0.05, 0) is 12.8 Å². The molecule has 1 aromatic rings. The summed E-state index contributed by atoms with van der Waals surface area (Å²) in [6, 6.07) is -0.407. The summed E-state index contributed by atoms with van der Waals surface area (Å²) in [7, 11) is 0. The summed E-state index contributed by atoms with van der Waals surface area (Å²) in [6.45, 7) is 4.46. The van der Waals surface area contributed by atoms with E-state index in [0.717, 1.165) is 11.4 Å². The number of thiazole rings is 1. The molecule has 17 heavy (non-hydrogen) atoms. The van der Waals surface area contributed by atoms with Gasteiger partial charge in [0.2, 0.25) is 5.91 Å². The molecular weight excluding hydrogens is 281 g/mol. The first-order valence-corrected chi connectivity index (χ1v) is 5.95. The number of aromatic nitrogens is 1. The zero-order chi connectivity index (χ0) is 11.3. The molecule has 7 heteroatoms. The number of hydrogen-bond donors (Lipinski definition) is 2. The van der Waals surface area contributed by atoms with E-state index in [9.17, 15) is 4.79 Å². The average molecular weight is 300 g/mol. The van der Waals surface area contributed by atoms with Crippen LogP contribution in [0.3, 0.4) is 0 Å². The fourth-order valence-electron chi connectivity index (χ4n) is 1.07. The minimum absolute atomic E-state index is 0. The number of halogens is 2. The number of carbonyl (C=O) groups excluding carboxylic acids is 1. The van der Waals surface area contributed by atoms with Crippen LogP contribution in [0.1, 0.15) is 30.2 Å². The van der Waals surface area contributed by atoms with Gasteiger partial charge >= 0.3 is 0 Å². The summed E-state index contributed by atoms with van der Waals surface area (Å²) < 4.78 is 0. The van der Waals surface area contributed by atoms with Crippen molar-refractivity contribution in [1.29, 1.82) is 0 Å². The molecule has 1 atom stereocenters. The Morgan fingerprint density at radius 2 is 2.18 bits per heavy atom. The van der Waals surface area contributed by atoms with Gasteiger partial charge in [-0.25, -0.2) is 4.98 Å². The van der Waals surface area contributed by atoms with Crippen LogP contribution in [-0.2, 0) is 17.8 Å². The van der Waals surface area contributed by atoms with E-state index in [4.69, 9.17) is 5.73 Å². The van der Waals surface area contributed by atoms with Gasteiger partial charge in [0.05, 0.1) is 12.6 Å². The van der Waals surface area contributed by atoms with Crippen molar-refractivity contribution in [1.82, 2.24) is 10.3 Å². The molecule has 3 N–H and O–H groups in total. The lowest BCUT2D eigenvalue weighted by Gasteiger charge is -2.08. The second-order valence-corrected chi connectivity index (χ2v) is 4.51. The maximum atomic E-state index is 11.4. The Hall–Kier alpha value is -0.360. The smallest absolute Gasteiger partial charge is 0.237 e. The second-order valence-electron chi connectivity index (χ2n) is 3.31. The topological polar surface area (TPSA) is 68.0 Å². The van der Waals surface area contributed by atoms with Crippen molar-refractivity contribution >= 4 is 42.1 Å². The Morgan fingerprint density at radius 1 is 1.53 bits per heavy atom. The van der Waals surface area contributed by atoms with Crippen molar-refractivity contribution < 1.29 is 4.79 Å². The fraction of sp³-hybridized carbons (Fsp3) is 0.600. The van der Waals surface area contributed by atoms with E-state index in [1.165, 1.54) is 4.88 Å². The predicted molar refractivity (Wildman–Crippen MR) is 76.1 cm³/mol. The highest BCUT2D eigenvalue weighted by Gasteiger charge is 2.10. The SMILES string of the molecule is CCc1cnc(CNC(=O)[C@@H](N)CC)s1.Cl.Cl. The number of amides is 1. The van der Waals surface area contributed by atoms with Gasteiger partial charge in [-0.2, -0.15) is 0 Å². The first-order valence-electron chi connectivity index (χ1n) is 5.14. The van der Waals surface area contributed by atoms with Crippen LogP contribution in [0.4, 0.5) is 0 Å². The maximum absolute atomic E-state index is 11.4. The molecule has 1 heterocycles. The van der Waals surface area contributed by atoms with Gasteiger partial charge in [0.25, 0.3) is 0 Å². The minimum atomic E-state index is -0.407. The van der Waals surface area contributed by atoms with Crippen LogP contribution >= 0.6 is 36.2 Å². The zero-order valence-corrected chi connectivity index (χ0v) is 12.4. The molecule has 0 aliphatic rings. The fourth-order valence-corrected chi connectivity index (χ4v) is 1.87. The maximum Gasteiger partial charge on any atom is 0.237 e. The summed E-state index contributed by atoms with van der Waals surface area (Å²) in [6.07, 6.45) is 3.50. The highest BCUT2D eigenvalue weighted by Crippen LogP contribution is 2.12. The van der Waals surface area contributed by atoms with Crippen LogP contribution in [0.15, 0.2) is 6.20 Å². The summed E-state index contributed by atoms with van der Waals surface area (Å²) in [5, 5.41) is 3.70. The predicted octanol–water partition coefficient (Wildman–Crippen LogP) is 1.90. The molecular formula is C10H19Cl2N3OS. The minimum Gasteiger partial charge on any atom is -0.348 e. The van der Waals surface area contributed by atoms with Gasteiger partial charge < -0.3 is 11.1 Å². The summed E-state index contributed by atoms with van der Waals surface area (Å²) in [5.74, 6) is -0.106. The van der Waals surface area contributed by atoms with E-state index in [2.05, 4.69) is 17.2 Å². The van der Waals surface area contributed by atoms with E-state index in [1.54, 1.807) is 11.3 Å². The van der Waals surface area contributed by atoms with Gasteiger partial charge in [-0.3, -0.25) is 4.79 Å². The second kappa shape index (κ2) is 9.65. The number of nitrogens with two attached hydrogens (primary N) is 1. The summed E-state index contributed by atoms with van der Waals surface area (Å²) >= 11 is 1.63. The van der Waals surface area contributed by atoms with Crippen LogP contribution in [0.25, 0.3) is 0 Å². The number of rotatable bonds is 5. The van der Waals surface area contributed by atoms with Crippen molar-refractivity contribution in [2.75, 3.05) is 0 Å². The lowest BCUT2D eigenvalue weighted by molar-refractivity contribution is -0.122. The highest BCUT2D eigenvalue weighted by molar-refractivity contribution is 7.11. The van der Waals surface area contributed by atoms with Crippen molar-refractivity contribution in [2.24, 2.45) is 5.73 Å². The van der Waals surface area contributed by atoms with E-state index >= 15 is 0 Å². The number of aryl methyl sites for hydroxylation is 1. The molecule has 0 spiro atoms. The third-order valence-corrected chi connectivity index (χ3v) is 3.28. The summed E-state index contributed by atoms with van der Waals surface area (Å²) in [4.78, 5) is 16.8. The van der Waals surface area contributed by atoms with Crippen molar-refractivity contribution in [2.45, 2.75) is 39.3 Å². The number of nitrogens with zero attached hydrogens (tertiary/aromatic N) is 1. The van der Waals surface area contributed by atoms with E-state index in [1.807, 2.05) is 13.1 Å². The van der Waals surface area contributed by atoms with Crippen LogP contribution in [0.5, 0.6) is 0 Å². The van der Waals surface area contributed by atoms with E-state index in [0.29, 0.717) is 13.0 Å². The Labute approximate surface area is 118 Å². The van der Waals surface area contributed by atoms with Crippen LogP contribution < -0.4 is 11.1 Å². The van der Waals surface area contributed by atoms with Gasteiger partial charge in [0, 0.05) is 11.1 Å². The molecule has 0 unspecified atom stereocenters. The molecule has 0 saturated heterocycles. The molecule has 0 fully saturated rings. The zero-order valence-electron chi connectivity index (χ0n) is 9.93. The molecule has 4 nitrogen and oxygen atoms in total. The molecule has 1 amide bonds. The number of nitrogens with one attached hydrogen (secondary N) is 1. The normalized spacial score (nSPS) is 11.0. The molecule has 0 aliphatic heterocycles. The quantitative estimate of drug-likeness (QED) is 0.872. The van der Waals surface area contributed by atoms with E-state index < -0.39 is 6.04 Å². The average Bonchev–Trinajstić information content (AvgIpc) is 2.72. The highest BCUT2D eigenvalue weighted by atomic mass is 35.5. The monoisotopic (exact) mass is 299 g/mol. The first kappa shape index (κ1) is 19.0. The largest absolute Gasteiger partial charge is 0.348 e. The Balaban J connectivity index is 0. The first-order chi connectivity index (χ1) is 7.17. The van der Waals surface area contributed by atoms with Gasteiger partial charge in [0.1, 0.15) is 5.01 Å². The molecule has 0 saturated carbocycles. The Morgan fingerprint density at radius 3 is 2.65 bits per heavy atom. The summed E-state index contributed by atoms with van der Waals surface area (Å²) in [5.41, 5.74) is 5.58. The van der Waals surface area contributed by atoms with Crippen LogP contribution in [-0.4, -0.2) is 16.9 Å². The van der Waals surface area contributed by atoms with Crippen molar-refractivity contribution in [3.8, 4) is 0 Å². The third-order valence-electron chi connectivity index (χ3n) is 2.14. The molecule has 0 aliphatic carbocycles. The number of carbonyl (C=O) groups is 1. The Kier molecular flexibility index (Phi) is 10.8. The third kappa shape index (κ3) is 6.21. The molecule has 100 valence electrons. The van der Waals surface area contributed by atoms with Crippen LogP contribution in [0, 0.1) is 0 Å². The molecule has 1 aromatic heterocycles.